The first kappa shape index (κ1) is 26.1. The third-order valence-corrected chi connectivity index (χ3v) is 6.63. The molecule has 1 saturated carbocycles. The summed E-state index contributed by atoms with van der Waals surface area (Å²) in [4.78, 5) is 28.5. The maximum atomic E-state index is 13.1. The summed E-state index contributed by atoms with van der Waals surface area (Å²) in [7, 11) is 0. The number of fused-ring (bicyclic) bond motifs is 2. The van der Waals surface area contributed by atoms with Gasteiger partial charge in [0, 0.05) is 38.6 Å². The van der Waals surface area contributed by atoms with Crippen LogP contribution in [0.1, 0.15) is 37.1 Å². The van der Waals surface area contributed by atoms with Gasteiger partial charge in [0.05, 0.1) is 6.54 Å². The molecule has 0 radical (unpaired) electrons. The number of benzene rings is 1. The summed E-state index contributed by atoms with van der Waals surface area (Å²) in [6, 6.07) is 6.69. The Morgan fingerprint density at radius 1 is 1.17 bits per heavy atom. The van der Waals surface area contributed by atoms with E-state index in [2.05, 4.69) is 19.8 Å². The number of aromatic nitrogens is 2. The average Bonchev–Trinajstić information content (AvgIpc) is 3.54. The molecule has 36 heavy (non-hydrogen) atoms. The molecular weight excluding hydrogens is 484 g/mol. The third kappa shape index (κ3) is 6.41. The largest absolute Gasteiger partial charge is 0.490 e. The van der Waals surface area contributed by atoms with E-state index in [-0.39, 0.29) is 11.7 Å². The number of hydrogen-bond donors (Lipinski definition) is 2. The lowest BCUT2D eigenvalue weighted by Crippen LogP contribution is -2.54. The number of nitrogens with zero attached hydrogens (tertiary/aromatic N) is 3. The highest BCUT2D eigenvalue weighted by atomic mass is 19.4. The molecule has 1 spiro atoms. The van der Waals surface area contributed by atoms with E-state index in [0.29, 0.717) is 12.5 Å². The summed E-state index contributed by atoms with van der Waals surface area (Å²) in [5.41, 5.74) is 0.591. The zero-order chi connectivity index (χ0) is 25.9. The quantitative estimate of drug-likeness (QED) is 0.598. The van der Waals surface area contributed by atoms with Gasteiger partial charge in [0.1, 0.15) is 17.2 Å². The van der Waals surface area contributed by atoms with E-state index in [9.17, 15) is 22.4 Å². The molecule has 2 N–H and O–H groups in total. The number of imidazole rings is 1. The lowest BCUT2D eigenvalue weighted by molar-refractivity contribution is -0.192. The molecule has 1 aromatic carbocycles. The van der Waals surface area contributed by atoms with Gasteiger partial charge in [-0.3, -0.25) is 9.69 Å². The number of amides is 1. The number of alkyl halides is 3. The van der Waals surface area contributed by atoms with Gasteiger partial charge < -0.3 is 19.7 Å². The lowest BCUT2D eigenvalue weighted by atomic mass is 9.88. The van der Waals surface area contributed by atoms with Gasteiger partial charge in [-0.05, 0) is 49.3 Å². The number of hydrogen-bond acceptors (Lipinski definition) is 5. The Labute approximate surface area is 205 Å². The molecular formula is C24H28F4N4O4. The van der Waals surface area contributed by atoms with Gasteiger partial charge >= 0.3 is 12.1 Å². The predicted octanol–water partition coefficient (Wildman–Crippen LogP) is 3.07. The summed E-state index contributed by atoms with van der Waals surface area (Å²) in [5.74, 6) is -1.39. The number of likely N-dealkylation sites (tertiary alicyclic amines) is 1. The number of carbonyl (C=O) groups is 2. The van der Waals surface area contributed by atoms with Gasteiger partial charge in [-0.1, -0.05) is 12.1 Å². The van der Waals surface area contributed by atoms with Crippen molar-refractivity contribution in [2.45, 2.75) is 56.7 Å². The van der Waals surface area contributed by atoms with Crippen molar-refractivity contribution in [1.82, 2.24) is 19.8 Å². The molecule has 12 heteroatoms. The first-order chi connectivity index (χ1) is 17.1. The van der Waals surface area contributed by atoms with E-state index >= 15 is 0 Å². The Kier molecular flexibility index (Phi) is 7.65. The van der Waals surface area contributed by atoms with Crippen LogP contribution in [0.3, 0.4) is 0 Å². The minimum atomic E-state index is -5.08. The number of halogens is 4. The van der Waals surface area contributed by atoms with Crippen LogP contribution in [0.15, 0.2) is 36.7 Å². The highest BCUT2D eigenvalue weighted by Crippen LogP contribution is 2.40. The maximum Gasteiger partial charge on any atom is 0.490 e. The van der Waals surface area contributed by atoms with Crippen LogP contribution in [0.5, 0.6) is 0 Å². The third-order valence-electron chi connectivity index (χ3n) is 6.63. The second-order valence-corrected chi connectivity index (χ2v) is 9.40. The highest BCUT2D eigenvalue weighted by molar-refractivity contribution is 5.81. The van der Waals surface area contributed by atoms with Crippen molar-refractivity contribution in [3.63, 3.8) is 0 Å². The van der Waals surface area contributed by atoms with E-state index in [1.165, 1.54) is 25.0 Å². The lowest BCUT2D eigenvalue weighted by Gasteiger charge is -2.45. The molecule has 5 rings (SSSR count). The monoisotopic (exact) mass is 512 g/mol. The van der Waals surface area contributed by atoms with E-state index < -0.39 is 23.9 Å². The summed E-state index contributed by atoms with van der Waals surface area (Å²) in [5, 5.41) is 10.2. The molecule has 3 aliphatic rings. The molecule has 1 amide bonds. The number of ether oxygens (including phenoxy) is 1. The minimum absolute atomic E-state index is 0.00985. The van der Waals surface area contributed by atoms with E-state index in [0.717, 1.165) is 50.4 Å². The van der Waals surface area contributed by atoms with E-state index in [4.69, 9.17) is 14.6 Å². The number of carbonyl (C=O) groups excluding carboxylic acids is 1. The summed E-state index contributed by atoms with van der Waals surface area (Å²) in [6.45, 7) is 3.76. The maximum absolute atomic E-state index is 13.1. The minimum Gasteiger partial charge on any atom is -0.475 e. The number of aliphatic carboxylic acids is 1. The molecule has 1 aromatic heterocycles. The van der Waals surface area contributed by atoms with Gasteiger partial charge in [-0.2, -0.15) is 13.2 Å². The Balaban J connectivity index is 0.000000384. The Bertz CT molecular complexity index is 1060. The molecule has 196 valence electrons. The first-order valence-corrected chi connectivity index (χ1v) is 11.8. The van der Waals surface area contributed by atoms with E-state index in [1.807, 2.05) is 18.3 Å². The molecule has 2 fully saturated rings. The van der Waals surface area contributed by atoms with Crippen molar-refractivity contribution in [2.24, 2.45) is 5.92 Å². The number of piperidine rings is 1. The normalized spacial score (nSPS) is 21.3. The van der Waals surface area contributed by atoms with Crippen LogP contribution < -0.4 is 5.32 Å². The number of rotatable bonds is 5. The molecule has 1 unspecified atom stereocenters. The molecule has 2 aromatic rings. The van der Waals surface area contributed by atoms with Crippen LogP contribution in [-0.4, -0.2) is 63.3 Å². The van der Waals surface area contributed by atoms with Gasteiger partial charge in [0.2, 0.25) is 0 Å². The Morgan fingerprint density at radius 2 is 1.81 bits per heavy atom. The van der Waals surface area contributed by atoms with E-state index in [1.54, 1.807) is 6.20 Å². The van der Waals surface area contributed by atoms with Crippen LogP contribution >= 0.6 is 0 Å². The fourth-order valence-corrected chi connectivity index (χ4v) is 4.48. The number of carboxylic acids is 1. The van der Waals surface area contributed by atoms with Crippen LogP contribution in [0.2, 0.25) is 0 Å². The van der Waals surface area contributed by atoms with Gasteiger partial charge in [-0.15, -0.1) is 0 Å². The topological polar surface area (TPSA) is 96.7 Å². The molecule has 1 atom stereocenters. The molecule has 8 nitrogen and oxygen atoms in total. The zero-order valence-electron chi connectivity index (χ0n) is 19.5. The van der Waals surface area contributed by atoms with Gasteiger partial charge in [-0.25, -0.2) is 14.2 Å². The summed E-state index contributed by atoms with van der Waals surface area (Å²) in [6.07, 6.45) is 2.20. The Morgan fingerprint density at radius 3 is 2.39 bits per heavy atom. The molecule has 2 aliphatic heterocycles. The second-order valence-electron chi connectivity index (χ2n) is 9.40. The van der Waals surface area contributed by atoms with Crippen LogP contribution in [0.4, 0.5) is 17.6 Å². The average molecular weight is 513 g/mol. The highest BCUT2D eigenvalue weighted by Gasteiger charge is 2.47. The molecule has 0 bridgehead atoms. The van der Waals surface area contributed by atoms with Crippen molar-refractivity contribution in [1.29, 1.82) is 0 Å². The van der Waals surface area contributed by atoms with Crippen molar-refractivity contribution >= 4 is 11.9 Å². The number of carboxylic acid groups (broad SMARTS) is 1. The SMILES string of the molecule is O=C(NCC1CC1)C1Cn2ccnc2C2(CCN(Cc3ccc(F)cc3)CC2)O1.O=C(O)C(F)(F)F. The predicted molar refractivity (Wildman–Crippen MR) is 119 cm³/mol. The van der Waals surface area contributed by atoms with Crippen LogP contribution in [-0.2, 0) is 33.0 Å². The smallest absolute Gasteiger partial charge is 0.475 e. The van der Waals surface area contributed by atoms with Crippen molar-refractivity contribution in [2.75, 3.05) is 19.6 Å². The van der Waals surface area contributed by atoms with Gasteiger partial charge in [0.15, 0.2) is 6.10 Å². The van der Waals surface area contributed by atoms with Crippen LogP contribution in [0.25, 0.3) is 0 Å². The van der Waals surface area contributed by atoms with Crippen LogP contribution in [0, 0.1) is 11.7 Å². The van der Waals surface area contributed by atoms with Crippen molar-refractivity contribution < 1.29 is 37.0 Å². The first-order valence-electron chi connectivity index (χ1n) is 11.8. The van der Waals surface area contributed by atoms with Gasteiger partial charge in [0.25, 0.3) is 5.91 Å². The molecule has 1 aliphatic carbocycles. The molecule has 3 heterocycles. The fraction of sp³-hybridized carbons (Fsp3) is 0.542. The standard InChI is InChI=1S/C22H27FN4O2.C2HF3O2/c23-18-5-3-17(4-6-18)14-26-10-7-22(8-11-26)21-24-9-12-27(21)15-19(29-22)20(28)25-13-16-1-2-16;3-2(4,5)1(6)7/h3-6,9,12,16,19H,1-2,7-8,10-11,13-15H2,(H,25,28);(H,6,7). The Hall–Kier alpha value is -2.99. The number of nitrogens with one attached hydrogen (secondary N) is 1. The zero-order valence-corrected chi connectivity index (χ0v) is 19.5. The van der Waals surface area contributed by atoms with Crippen molar-refractivity contribution in [3.8, 4) is 0 Å². The second kappa shape index (κ2) is 10.6. The summed E-state index contributed by atoms with van der Waals surface area (Å²) >= 11 is 0. The molecule has 1 saturated heterocycles. The fourth-order valence-electron chi connectivity index (χ4n) is 4.48. The summed E-state index contributed by atoms with van der Waals surface area (Å²) < 4.78 is 53.4. The van der Waals surface area contributed by atoms with Crippen molar-refractivity contribution in [3.05, 3.63) is 53.9 Å².